The molecule has 0 radical (unpaired) electrons. The lowest BCUT2D eigenvalue weighted by Gasteiger charge is -2.18. The Kier molecular flexibility index (Phi) is 10.7. The SMILES string of the molecule is Cc1ccc(/C=C(/NC(=O)c2ccccc2)C(=O)Nc2cccc(SC(C(=O)Nc3c(F)c(F)cc(F)c3F)c3ccccc3)c2)cc1. The number of hydrogen-bond donors (Lipinski definition) is 3. The molecule has 0 heterocycles. The summed E-state index contributed by atoms with van der Waals surface area (Å²) in [5, 5.41) is 6.30. The normalized spacial score (nSPS) is 11.8. The fourth-order valence-corrected chi connectivity index (χ4v) is 5.61. The molecule has 1 unspecified atom stereocenters. The number of nitrogens with one attached hydrogen (secondary N) is 3. The second-order valence-electron chi connectivity index (χ2n) is 10.5. The molecule has 11 heteroatoms. The van der Waals surface area contributed by atoms with Crippen LogP contribution in [-0.4, -0.2) is 17.7 Å². The quantitative estimate of drug-likeness (QED) is 0.0603. The smallest absolute Gasteiger partial charge is 0.272 e. The molecule has 0 aliphatic carbocycles. The molecule has 5 rings (SSSR count). The fourth-order valence-electron chi connectivity index (χ4n) is 4.53. The van der Waals surface area contributed by atoms with E-state index in [2.05, 4.69) is 10.6 Å². The highest BCUT2D eigenvalue weighted by Crippen LogP contribution is 2.38. The van der Waals surface area contributed by atoms with E-state index < -0.39 is 51.9 Å². The minimum Gasteiger partial charge on any atom is -0.321 e. The Morgan fingerprint density at radius 1 is 0.708 bits per heavy atom. The minimum atomic E-state index is -1.74. The highest BCUT2D eigenvalue weighted by atomic mass is 32.2. The highest BCUT2D eigenvalue weighted by molar-refractivity contribution is 8.00. The number of anilines is 2. The van der Waals surface area contributed by atoms with E-state index in [-0.39, 0.29) is 11.8 Å². The van der Waals surface area contributed by atoms with E-state index in [0.29, 0.717) is 27.3 Å². The summed E-state index contributed by atoms with van der Waals surface area (Å²) in [6.07, 6.45) is 1.54. The van der Waals surface area contributed by atoms with Crippen LogP contribution in [0.25, 0.3) is 6.08 Å². The molecule has 5 aromatic carbocycles. The molecule has 0 fully saturated rings. The average molecular weight is 670 g/mol. The van der Waals surface area contributed by atoms with Crippen molar-refractivity contribution >= 4 is 46.9 Å². The molecule has 0 spiro atoms. The van der Waals surface area contributed by atoms with Crippen molar-refractivity contribution in [3.63, 3.8) is 0 Å². The first-order valence-corrected chi connectivity index (χ1v) is 15.4. The number of aryl methyl sites for hydroxylation is 1. The first kappa shape index (κ1) is 33.7. The minimum absolute atomic E-state index is 0.0290. The predicted octanol–water partition coefficient (Wildman–Crippen LogP) is 8.43. The number of carbonyl (C=O) groups excluding carboxylic acids is 3. The van der Waals surface area contributed by atoms with Gasteiger partial charge < -0.3 is 16.0 Å². The fraction of sp³-hybridized carbons (Fsp3) is 0.0541. The summed E-state index contributed by atoms with van der Waals surface area (Å²) < 4.78 is 56.5. The molecule has 0 saturated heterocycles. The van der Waals surface area contributed by atoms with Gasteiger partial charge in [-0.3, -0.25) is 14.4 Å². The molecule has 0 bridgehead atoms. The van der Waals surface area contributed by atoms with Gasteiger partial charge in [-0.2, -0.15) is 0 Å². The molecule has 0 aliphatic heterocycles. The summed E-state index contributed by atoms with van der Waals surface area (Å²) in [5.74, 6) is -8.86. The molecule has 1 atom stereocenters. The first-order valence-electron chi connectivity index (χ1n) is 14.5. The van der Waals surface area contributed by atoms with Crippen LogP contribution in [0.5, 0.6) is 0 Å². The van der Waals surface area contributed by atoms with Crippen molar-refractivity contribution in [2.45, 2.75) is 17.1 Å². The van der Waals surface area contributed by atoms with Crippen LogP contribution >= 0.6 is 11.8 Å². The maximum Gasteiger partial charge on any atom is 0.272 e. The molecule has 48 heavy (non-hydrogen) atoms. The summed E-state index contributed by atoms with van der Waals surface area (Å²) in [6, 6.07) is 30.5. The number of benzene rings is 5. The van der Waals surface area contributed by atoms with E-state index in [0.717, 1.165) is 17.3 Å². The lowest BCUT2D eigenvalue weighted by molar-refractivity contribution is -0.116. The molecule has 6 nitrogen and oxygen atoms in total. The Morgan fingerprint density at radius 2 is 1.33 bits per heavy atom. The first-order chi connectivity index (χ1) is 23.1. The van der Waals surface area contributed by atoms with Gasteiger partial charge in [-0.15, -0.1) is 11.8 Å². The molecule has 0 aromatic heterocycles. The molecule has 3 amide bonds. The Labute approximate surface area is 277 Å². The topological polar surface area (TPSA) is 87.3 Å². The third kappa shape index (κ3) is 8.37. The van der Waals surface area contributed by atoms with Gasteiger partial charge in [0, 0.05) is 22.2 Å². The second kappa shape index (κ2) is 15.3. The number of hydrogen-bond acceptors (Lipinski definition) is 4. The van der Waals surface area contributed by atoms with Crippen molar-refractivity contribution in [2.75, 3.05) is 10.6 Å². The lowest BCUT2D eigenvalue weighted by atomic mass is 10.1. The van der Waals surface area contributed by atoms with Gasteiger partial charge in [0.1, 0.15) is 16.6 Å². The summed E-state index contributed by atoms with van der Waals surface area (Å²) in [7, 11) is 0. The van der Waals surface area contributed by atoms with Gasteiger partial charge in [0.25, 0.3) is 11.8 Å². The van der Waals surface area contributed by atoms with E-state index >= 15 is 0 Å². The van der Waals surface area contributed by atoms with Crippen molar-refractivity contribution < 1.29 is 31.9 Å². The van der Waals surface area contributed by atoms with Crippen LogP contribution < -0.4 is 16.0 Å². The van der Waals surface area contributed by atoms with Crippen LogP contribution in [0.1, 0.15) is 32.3 Å². The maximum absolute atomic E-state index is 14.4. The van der Waals surface area contributed by atoms with Gasteiger partial charge in [-0.1, -0.05) is 84.4 Å². The monoisotopic (exact) mass is 669 g/mol. The number of halogens is 4. The average Bonchev–Trinajstić information content (AvgIpc) is 3.09. The zero-order valence-corrected chi connectivity index (χ0v) is 26.1. The van der Waals surface area contributed by atoms with Crippen molar-refractivity contribution in [3.05, 3.63) is 166 Å². The molecular formula is C37H27F4N3O3S. The molecule has 5 aromatic rings. The Balaban J connectivity index is 1.40. The highest BCUT2D eigenvalue weighted by Gasteiger charge is 2.27. The van der Waals surface area contributed by atoms with Crippen molar-refractivity contribution in [3.8, 4) is 0 Å². The van der Waals surface area contributed by atoms with Gasteiger partial charge in [0.15, 0.2) is 23.3 Å². The van der Waals surface area contributed by atoms with Gasteiger partial charge in [-0.05, 0) is 54.5 Å². The second-order valence-corrected chi connectivity index (χ2v) is 11.7. The summed E-state index contributed by atoms with van der Waals surface area (Å²) in [5.41, 5.74) is 1.51. The summed E-state index contributed by atoms with van der Waals surface area (Å²) >= 11 is 0.971. The van der Waals surface area contributed by atoms with Crippen LogP contribution in [-0.2, 0) is 9.59 Å². The number of rotatable bonds is 10. The summed E-state index contributed by atoms with van der Waals surface area (Å²) in [6.45, 7) is 1.92. The van der Waals surface area contributed by atoms with E-state index in [1.54, 1.807) is 97.1 Å². The van der Waals surface area contributed by atoms with Crippen LogP contribution in [0.2, 0.25) is 0 Å². The molecule has 3 N–H and O–H groups in total. The lowest BCUT2D eigenvalue weighted by Crippen LogP contribution is -2.30. The number of amides is 3. The van der Waals surface area contributed by atoms with Crippen molar-refractivity contribution in [2.24, 2.45) is 0 Å². The third-order valence-electron chi connectivity index (χ3n) is 6.96. The van der Waals surface area contributed by atoms with Gasteiger partial charge >= 0.3 is 0 Å². The third-order valence-corrected chi connectivity index (χ3v) is 8.21. The van der Waals surface area contributed by atoms with Gasteiger partial charge in [0.2, 0.25) is 5.91 Å². The predicted molar refractivity (Wildman–Crippen MR) is 178 cm³/mol. The van der Waals surface area contributed by atoms with E-state index in [1.165, 1.54) is 6.08 Å². The maximum atomic E-state index is 14.4. The summed E-state index contributed by atoms with van der Waals surface area (Å²) in [4.78, 5) is 40.4. The van der Waals surface area contributed by atoms with Gasteiger partial charge in [-0.25, -0.2) is 17.6 Å². The number of carbonyl (C=O) groups is 3. The van der Waals surface area contributed by atoms with Crippen molar-refractivity contribution in [1.82, 2.24) is 5.32 Å². The Hall–Kier alpha value is -5.68. The van der Waals surface area contributed by atoms with Crippen LogP contribution in [0, 0.1) is 30.2 Å². The van der Waals surface area contributed by atoms with Gasteiger partial charge in [0.05, 0.1) is 0 Å². The zero-order chi connectivity index (χ0) is 34.2. The number of thioether (sulfide) groups is 1. The van der Waals surface area contributed by atoms with Crippen LogP contribution in [0.15, 0.2) is 126 Å². The van der Waals surface area contributed by atoms with Crippen molar-refractivity contribution in [1.29, 1.82) is 0 Å². The van der Waals surface area contributed by atoms with Crippen LogP contribution in [0.4, 0.5) is 28.9 Å². The zero-order valence-electron chi connectivity index (χ0n) is 25.3. The standard InChI is InChI=1S/C37H27F4N3O3S/c1-22-15-17-23(18-16-22)19-30(43-35(45)25-11-6-3-7-12-25)36(46)42-26-13-8-14-27(20-26)48-34(24-9-4-2-5-10-24)37(47)44-33-31(40)28(38)21-29(39)32(33)41/h2-21,34H,1H3,(H,42,46)(H,43,45)(H,44,47)/b30-19+. The van der Waals surface area contributed by atoms with E-state index in [9.17, 15) is 31.9 Å². The van der Waals surface area contributed by atoms with E-state index in [4.69, 9.17) is 0 Å². The Bertz CT molecular complexity index is 1960. The van der Waals surface area contributed by atoms with Crippen LogP contribution in [0.3, 0.4) is 0 Å². The molecule has 0 saturated carbocycles. The Morgan fingerprint density at radius 3 is 1.98 bits per heavy atom. The molecular weight excluding hydrogens is 642 g/mol. The molecule has 0 aliphatic rings. The molecule has 242 valence electrons. The largest absolute Gasteiger partial charge is 0.321 e. The van der Waals surface area contributed by atoms with E-state index in [1.807, 2.05) is 24.4 Å².